The highest BCUT2D eigenvalue weighted by Gasteiger charge is 2.26. The first-order valence-electron chi connectivity index (χ1n) is 9.95. The van der Waals surface area contributed by atoms with Gasteiger partial charge in [-0.25, -0.2) is 8.78 Å². The Balaban J connectivity index is 1.36. The second-order valence-electron chi connectivity index (χ2n) is 7.41. The summed E-state index contributed by atoms with van der Waals surface area (Å²) in [6, 6.07) is 16.0. The second-order valence-corrected chi connectivity index (χ2v) is 7.41. The summed E-state index contributed by atoms with van der Waals surface area (Å²) in [5, 5.41) is 11.5. The molecule has 1 unspecified atom stereocenters. The van der Waals surface area contributed by atoms with Crippen LogP contribution < -0.4 is 10.2 Å². The molecule has 0 bridgehead atoms. The molecule has 2 heterocycles. The molecule has 0 spiro atoms. The molecule has 30 heavy (non-hydrogen) atoms. The molecule has 0 radical (unpaired) electrons. The van der Waals surface area contributed by atoms with E-state index in [1.165, 1.54) is 24.3 Å². The maximum absolute atomic E-state index is 13.1. The number of benzene rings is 2. The minimum absolute atomic E-state index is 0.0140. The van der Waals surface area contributed by atoms with Gasteiger partial charge in [0, 0.05) is 25.2 Å². The molecule has 1 atom stereocenters. The molecule has 0 saturated carbocycles. The molecule has 4 rings (SSSR count). The zero-order chi connectivity index (χ0) is 20.9. The minimum atomic E-state index is -0.292. The van der Waals surface area contributed by atoms with Crippen molar-refractivity contribution >= 4 is 11.7 Å². The van der Waals surface area contributed by atoms with Gasteiger partial charge < -0.3 is 10.2 Å². The van der Waals surface area contributed by atoms with Crippen LogP contribution in [0, 0.1) is 17.6 Å². The zero-order valence-corrected chi connectivity index (χ0v) is 16.4. The van der Waals surface area contributed by atoms with Gasteiger partial charge in [0.15, 0.2) is 5.82 Å². The molecule has 1 saturated heterocycles. The maximum atomic E-state index is 13.1. The van der Waals surface area contributed by atoms with E-state index < -0.39 is 0 Å². The first-order chi connectivity index (χ1) is 14.6. The normalized spacial score (nSPS) is 16.3. The van der Waals surface area contributed by atoms with Crippen LogP contribution in [0.4, 0.5) is 14.6 Å². The maximum Gasteiger partial charge on any atom is 0.225 e. The van der Waals surface area contributed by atoms with Crippen LogP contribution in [0.5, 0.6) is 0 Å². The number of nitrogens with one attached hydrogen (secondary N) is 1. The van der Waals surface area contributed by atoms with E-state index in [1.807, 2.05) is 12.1 Å². The average Bonchev–Trinajstić information content (AvgIpc) is 2.79. The molecule has 0 aliphatic carbocycles. The molecular weight excluding hydrogens is 386 g/mol. The molecule has 1 aliphatic rings. The molecule has 1 amide bonds. The van der Waals surface area contributed by atoms with Crippen molar-refractivity contribution in [3.63, 3.8) is 0 Å². The fourth-order valence-corrected chi connectivity index (χ4v) is 3.60. The Hall–Kier alpha value is -3.35. The van der Waals surface area contributed by atoms with E-state index >= 15 is 0 Å². The van der Waals surface area contributed by atoms with Gasteiger partial charge in [-0.15, -0.1) is 10.2 Å². The number of hydrogen-bond donors (Lipinski definition) is 1. The predicted octanol–water partition coefficient (Wildman–Crippen LogP) is 3.95. The largest absolute Gasteiger partial charge is 0.354 e. The third kappa shape index (κ3) is 4.79. The van der Waals surface area contributed by atoms with Crippen LogP contribution >= 0.6 is 0 Å². The minimum Gasteiger partial charge on any atom is -0.354 e. The summed E-state index contributed by atoms with van der Waals surface area (Å²) in [5.41, 5.74) is 2.33. The number of carbonyl (C=O) groups is 1. The predicted molar refractivity (Wildman–Crippen MR) is 111 cm³/mol. The SMILES string of the molecule is O=C(NCc1ccc(F)cc1)C1CCCN(c2ccc(-c3ccc(F)cc3)nn2)C1. The second kappa shape index (κ2) is 8.98. The van der Waals surface area contributed by atoms with Crippen molar-refractivity contribution in [2.24, 2.45) is 5.92 Å². The van der Waals surface area contributed by atoms with Crippen molar-refractivity contribution in [3.05, 3.63) is 77.9 Å². The van der Waals surface area contributed by atoms with Crippen molar-refractivity contribution in [3.8, 4) is 11.3 Å². The number of aromatic nitrogens is 2. The number of halogens is 2. The van der Waals surface area contributed by atoms with E-state index in [9.17, 15) is 13.6 Å². The van der Waals surface area contributed by atoms with Crippen molar-refractivity contribution in [2.45, 2.75) is 19.4 Å². The third-order valence-corrected chi connectivity index (χ3v) is 5.29. The van der Waals surface area contributed by atoms with Gasteiger partial charge in [-0.2, -0.15) is 0 Å². The number of hydrogen-bond acceptors (Lipinski definition) is 4. The smallest absolute Gasteiger partial charge is 0.225 e. The molecule has 7 heteroatoms. The van der Waals surface area contributed by atoms with Crippen LogP contribution in [0.1, 0.15) is 18.4 Å². The fourth-order valence-electron chi connectivity index (χ4n) is 3.60. The first-order valence-corrected chi connectivity index (χ1v) is 9.95. The lowest BCUT2D eigenvalue weighted by atomic mass is 9.97. The van der Waals surface area contributed by atoms with Gasteiger partial charge in [-0.3, -0.25) is 4.79 Å². The lowest BCUT2D eigenvalue weighted by Gasteiger charge is -2.32. The summed E-state index contributed by atoms with van der Waals surface area (Å²) in [4.78, 5) is 14.7. The molecule has 154 valence electrons. The summed E-state index contributed by atoms with van der Waals surface area (Å²) >= 11 is 0. The molecule has 1 fully saturated rings. The Bertz CT molecular complexity index is 991. The van der Waals surface area contributed by atoms with Crippen molar-refractivity contribution in [2.75, 3.05) is 18.0 Å². The van der Waals surface area contributed by atoms with E-state index in [0.29, 0.717) is 18.8 Å². The van der Waals surface area contributed by atoms with Gasteiger partial charge in [0.25, 0.3) is 0 Å². The van der Waals surface area contributed by atoms with Crippen LogP contribution in [-0.4, -0.2) is 29.2 Å². The van der Waals surface area contributed by atoms with E-state index in [2.05, 4.69) is 20.4 Å². The van der Waals surface area contributed by atoms with Gasteiger partial charge in [-0.05, 0) is 66.9 Å². The highest BCUT2D eigenvalue weighted by atomic mass is 19.1. The van der Waals surface area contributed by atoms with Gasteiger partial charge in [0.2, 0.25) is 5.91 Å². The first kappa shape index (κ1) is 19.9. The quantitative estimate of drug-likeness (QED) is 0.695. The average molecular weight is 408 g/mol. The third-order valence-electron chi connectivity index (χ3n) is 5.29. The van der Waals surface area contributed by atoms with Crippen LogP contribution in [0.25, 0.3) is 11.3 Å². The molecule has 1 N–H and O–H groups in total. The molecule has 1 aliphatic heterocycles. The van der Waals surface area contributed by atoms with E-state index in [-0.39, 0.29) is 23.5 Å². The van der Waals surface area contributed by atoms with E-state index in [4.69, 9.17) is 0 Å². The highest BCUT2D eigenvalue weighted by Crippen LogP contribution is 2.23. The Morgan fingerprint density at radius 2 is 1.67 bits per heavy atom. The van der Waals surface area contributed by atoms with Crippen molar-refractivity contribution in [1.29, 1.82) is 0 Å². The Morgan fingerprint density at radius 1 is 0.967 bits per heavy atom. The van der Waals surface area contributed by atoms with Gasteiger partial charge >= 0.3 is 0 Å². The fraction of sp³-hybridized carbons (Fsp3) is 0.261. The van der Waals surface area contributed by atoms with Gasteiger partial charge in [-0.1, -0.05) is 12.1 Å². The Kier molecular flexibility index (Phi) is 5.97. The number of nitrogens with zero attached hydrogens (tertiary/aromatic N) is 3. The standard InChI is InChI=1S/C23H22F2N4O/c24-19-7-3-16(4-8-19)14-26-23(30)18-2-1-13-29(15-18)22-12-11-21(27-28-22)17-5-9-20(25)10-6-17/h3-12,18H,1-2,13-15H2,(H,26,30). The number of anilines is 1. The number of rotatable bonds is 5. The molecule has 2 aromatic carbocycles. The van der Waals surface area contributed by atoms with Gasteiger partial charge in [0.1, 0.15) is 11.6 Å². The van der Waals surface area contributed by atoms with Crippen molar-refractivity contribution in [1.82, 2.24) is 15.5 Å². The monoisotopic (exact) mass is 408 g/mol. The van der Waals surface area contributed by atoms with E-state index in [1.54, 1.807) is 24.3 Å². The van der Waals surface area contributed by atoms with Crippen LogP contribution in [-0.2, 0) is 11.3 Å². The topological polar surface area (TPSA) is 58.1 Å². The molecule has 5 nitrogen and oxygen atoms in total. The van der Waals surface area contributed by atoms with Gasteiger partial charge in [0.05, 0.1) is 11.6 Å². The zero-order valence-electron chi connectivity index (χ0n) is 16.4. The lowest BCUT2D eigenvalue weighted by molar-refractivity contribution is -0.125. The summed E-state index contributed by atoms with van der Waals surface area (Å²) in [6.45, 7) is 1.76. The van der Waals surface area contributed by atoms with Crippen LogP contribution in [0.2, 0.25) is 0 Å². The van der Waals surface area contributed by atoms with Crippen LogP contribution in [0.3, 0.4) is 0 Å². The molecular formula is C23H22F2N4O. The summed E-state index contributed by atoms with van der Waals surface area (Å²) in [7, 11) is 0. The number of amides is 1. The number of piperidine rings is 1. The molecule has 1 aromatic heterocycles. The molecule has 3 aromatic rings. The lowest BCUT2D eigenvalue weighted by Crippen LogP contribution is -2.43. The number of carbonyl (C=O) groups excluding carboxylic acids is 1. The highest BCUT2D eigenvalue weighted by molar-refractivity contribution is 5.79. The van der Waals surface area contributed by atoms with Crippen molar-refractivity contribution < 1.29 is 13.6 Å². The summed E-state index contributed by atoms with van der Waals surface area (Å²) in [5.74, 6) is -0.0190. The van der Waals surface area contributed by atoms with Crippen LogP contribution in [0.15, 0.2) is 60.7 Å². The van der Waals surface area contributed by atoms with E-state index in [0.717, 1.165) is 36.3 Å². The Morgan fingerprint density at radius 3 is 2.33 bits per heavy atom. The summed E-state index contributed by atoms with van der Waals surface area (Å²) in [6.07, 6.45) is 1.70. The Labute approximate surface area is 173 Å². The summed E-state index contributed by atoms with van der Waals surface area (Å²) < 4.78 is 26.1.